The monoisotopic (exact) mass is 281 g/mol. The molecule has 2 aliphatic rings. The molecule has 1 fully saturated rings. The predicted molar refractivity (Wildman–Crippen MR) is 71.7 cm³/mol. The van der Waals surface area contributed by atoms with Crippen LogP contribution in [0.1, 0.15) is 25.7 Å². The second-order valence-corrected chi connectivity index (χ2v) is 5.10. The number of nitrogens with zero attached hydrogens (tertiary/aromatic N) is 2. The molecule has 0 saturated carbocycles. The van der Waals surface area contributed by atoms with Crippen LogP contribution >= 0.6 is 0 Å². The average Bonchev–Trinajstić information content (AvgIpc) is 2.45. The lowest BCUT2D eigenvalue weighted by molar-refractivity contribution is -0.126. The minimum Gasteiger partial charge on any atom is -0.352 e. The third-order valence-electron chi connectivity index (χ3n) is 3.52. The van der Waals surface area contributed by atoms with Gasteiger partial charge in [-0.05, 0) is 18.8 Å². The molecule has 1 saturated heterocycles. The summed E-state index contributed by atoms with van der Waals surface area (Å²) in [6.07, 6.45) is 2.51. The Balaban J connectivity index is 1.89. The second kappa shape index (κ2) is 6.36. The third-order valence-corrected chi connectivity index (χ3v) is 3.52. The van der Waals surface area contributed by atoms with Crippen molar-refractivity contribution in [2.24, 2.45) is 16.8 Å². The fraction of sp³-hybridized carbons (Fsp3) is 0.667. The van der Waals surface area contributed by atoms with Gasteiger partial charge in [0.1, 0.15) is 5.71 Å². The van der Waals surface area contributed by atoms with Crippen LogP contribution < -0.4 is 16.5 Å². The van der Waals surface area contributed by atoms with Crippen molar-refractivity contribution in [1.29, 1.82) is 0 Å². The smallest absolute Gasteiger partial charge is 0.312 e. The van der Waals surface area contributed by atoms with E-state index in [0.29, 0.717) is 38.2 Å². The van der Waals surface area contributed by atoms with E-state index in [9.17, 15) is 14.4 Å². The van der Waals surface area contributed by atoms with E-state index in [1.54, 1.807) is 4.90 Å². The van der Waals surface area contributed by atoms with Crippen LogP contribution in [0.5, 0.6) is 0 Å². The lowest BCUT2D eigenvalue weighted by Crippen LogP contribution is -2.47. The molecule has 20 heavy (non-hydrogen) atoms. The Labute approximate surface area is 116 Å². The van der Waals surface area contributed by atoms with Crippen LogP contribution in [0.25, 0.3) is 0 Å². The van der Waals surface area contributed by atoms with Gasteiger partial charge in [0.05, 0.1) is 0 Å². The van der Waals surface area contributed by atoms with Crippen molar-refractivity contribution in [3.63, 3.8) is 0 Å². The molecule has 0 aromatic heterocycles. The Morgan fingerprint density at radius 3 is 2.90 bits per heavy atom. The summed E-state index contributed by atoms with van der Waals surface area (Å²) < 4.78 is 0. The number of nitrogens with one attached hydrogen (secondary N) is 2. The molecule has 0 bridgehead atoms. The number of nitrogens with two attached hydrogens (primary N) is 1. The van der Waals surface area contributed by atoms with Crippen LogP contribution in [-0.2, 0) is 9.59 Å². The van der Waals surface area contributed by atoms with Crippen molar-refractivity contribution in [3.05, 3.63) is 0 Å². The van der Waals surface area contributed by atoms with Crippen molar-refractivity contribution in [3.8, 4) is 0 Å². The zero-order chi connectivity index (χ0) is 14.5. The van der Waals surface area contributed by atoms with Crippen LogP contribution in [0, 0.1) is 5.92 Å². The minimum absolute atomic E-state index is 0.131. The maximum atomic E-state index is 12.3. The second-order valence-electron chi connectivity index (χ2n) is 5.10. The summed E-state index contributed by atoms with van der Waals surface area (Å²) in [5.74, 6) is -0.0866. The molecule has 8 nitrogen and oxygen atoms in total. The zero-order valence-corrected chi connectivity index (χ0v) is 11.2. The first-order valence-corrected chi connectivity index (χ1v) is 6.74. The molecule has 0 aliphatic carbocycles. The van der Waals surface area contributed by atoms with Crippen LogP contribution in [-0.4, -0.2) is 48.1 Å². The highest BCUT2D eigenvalue weighted by atomic mass is 16.2. The number of primary amides is 1. The molecule has 2 aliphatic heterocycles. The number of amides is 4. The standard InChI is InChI=1S/C12H19N5O3/c13-12(20)14-6-8-2-1-5-17(7-8)11(19)9-3-4-10(18)16-15-9/h8H,1-7H2,(H,16,18)(H3,13,14,20). The van der Waals surface area contributed by atoms with Gasteiger partial charge < -0.3 is 16.0 Å². The Morgan fingerprint density at radius 1 is 1.45 bits per heavy atom. The van der Waals surface area contributed by atoms with E-state index in [2.05, 4.69) is 15.8 Å². The molecule has 0 spiro atoms. The molecule has 1 unspecified atom stereocenters. The normalized spacial score (nSPS) is 22.8. The summed E-state index contributed by atoms with van der Waals surface area (Å²) in [6.45, 7) is 1.73. The molecule has 0 aromatic rings. The van der Waals surface area contributed by atoms with E-state index in [1.165, 1.54) is 0 Å². The maximum absolute atomic E-state index is 12.3. The van der Waals surface area contributed by atoms with Gasteiger partial charge in [-0.1, -0.05) is 0 Å². The minimum atomic E-state index is -0.548. The highest BCUT2D eigenvalue weighted by Crippen LogP contribution is 2.17. The Kier molecular flexibility index (Phi) is 4.54. The van der Waals surface area contributed by atoms with E-state index in [0.717, 1.165) is 12.8 Å². The number of rotatable bonds is 3. The highest BCUT2D eigenvalue weighted by molar-refractivity contribution is 6.39. The molecule has 110 valence electrons. The van der Waals surface area contributed by atoms with Gasteiger partial charge in [-0.3, -0.25) is 9.59 Å². The van der Waals surface area contributed by atoms with E-state index in [-0.39, 0.29) is 17.7 Å². The molecule has 0 radical (unpaired) electrons. The van der Waals surface area contributed by atoms with Crippen molar-refractivity contribution in [2.45, 2.75) is 25.7 Å². The van der Waals surface area contributed by atoms with E-state index >= 15 is 0 Å². The predicted octanol–water partition coefficient (Wildman–Crippen LogP) is -0.841. The number of piperidine rings is 1. The van der Waals surface area contributed by atoms with Gasteiger partial charge in [-0.15, -0.1) is 0 Å². The average molecular weight is 281 g/mol. The van der Waals surface area contributed by atoms with Crippen LogP contribution in [0.2, 0.25) is 0 Å². The number of likely N-dealkylation sites (tertiary alicyclic amines) is 1. The number of urea groups is 1. The first-order valence-electron chi connectivity index (χ1n) is 6.74. The molecule has 8 heteroatoms. The molecule has 2 rings (SSSR count). The van der Waals surface area contributed by atoms with Crippen LogP contribution in [0.3, 0.4) is 0 Å². The molecule has 2 heterocycles. The maximum Gasteiger partial charge on any atom is 0.312 e. The van der Waals surface area contributed by atoms with Gasteiger partial charge >= 0.3 is 6.03 Å². The van der Waals surface area contributed by atoms with Gasteiger partial charge in [-0.2, -0.15) is 5.10 Å². The van der Waals surface area contributed by atoms with E-state index in [1.807, 2.05) is 0 Å². The first-order chi connectivity index (χ1) is 9.56. The number of hydrazone groups is 1. The number of carbonyl (C=O) groups is 3. The number of hydrogen-bond acceptors (Lipinski definition) is 4. The topological polar surface area (TPSA) is 117 Å². The molecule has 0 aromatic carbocycles. The Hall–Kier alpha value is -2.12. The summed E-state index contributed by atoms with van der Waals surface area (Å²) in [5, 5.41) is 6.39. The van der Waals surface area contributed by atoms with Crippen LogP contribution in [0.15, 0.2) is 5.10 Å². The van der Waals surface area contributed by atoms with Gasteiger partial charge in [0.2, 0.25) is 5.91 Å². The molecule has 1 atom stereocenters. The Morgan fingerprint density at radius 2 is 2.25 bits per heavy atom. The summed E-state index contributed by atoms with van der Waals surface area (Å²) in [6, 6.07) is -0.548. The van der Waals surface area contributed by atoms with Crippen LogP contribution in [0.4, 0.5) is 4.79 Å². The number of hydrogen-bond donors (Lipinski definition) is 3. The van der Waals surface area contributed by atoms with Crippen molar-refractivity contribution in [2.75, 3.05) is 19.6 Å². The van der Waals surface area contributed by atoms with E-state index < -0.39 is 6.03 Å². The molecular weight excluding hydrogens is 262 g/mol. The van der Waals surface area contributed by atoms with Crippen molar-refractivity contribution < 1.29 is 14.4 Å². The first kappa shape index (κ1) is 14.3. The summed E-state index contributed by atoms with van der Waals surface area (Å²) >= 11 is 0. The van der Waals surface area contributed by atoms with Crippen molar-refractivity contribution >= 4 is 23.6 Å². The fourth-order valence-corrected chi connectivity index (χ4v) is 2.47. The van der Waals surface area contributed by atoms with E-state index in [4.69, 9.17) is 5.73 Å². The highest BCUT2D eigenvalue weighted by Gasteiger charge is 2.28. The van der Waals surface area contributed by atoms with Crippen molar-refractivity contribution in [1.82, 2.24) is 15.6 Å². The SMILES string of the molecule is NC(=O)NCC1CCCN(C(=O)C2=NNC(=O)CC2)C1. The lowest BCUT2D eigenvalue weighted by atomic mass is 9.97. The van der Waals surface area contributed by atoms with Gasteiger partial charge in [0.15, 0.2) is 0 Å². The van der Waals surface area contributed by atoms with Gasteiger partial charge in [0.25, 0.3) is 5.91 Å². The Bertz CT molecular complexity index is 448. The quantitative estimate of drug-likeness (QED) is 0.626. The van der Waals surface area contributed by atoms with Gasteiger partial charge in [-0.25, -0.2) is 10.2 Å². The van der Waals surface area contributed by atoms with Gasteiger partial charge in [0, 0.05) is 32.5 Å². The summed E-state index contributed by atoms with van der Waals surface area (Å²) in [4.78, 5) is 35.7. The zero-order valence-electron chi connectivity index (χ0n) is 11.2. The number of carbonyl (C=O) groups excluding carboxylic acids is 3. The summed E-state index contributed by atoms with van der Waals surface area (Å²) in [5.41, 5.74) is 7.77. The molecule has 4 N–H and O–H groups in total. The summed E-state index contributed by atoms with van der Waals surface area (Å²) in [7, 11) is 0. The molecule has 4 amide bonds. The largest absolute Gasteiger partial charge is 0.352 e. The lowest BCUT2D eigenvalue weighted by Gasteiger charge is -2.33. The molecular formula is C12H19N5O3. The third kappa shape index (κ3) is 3.69. The fourth-order valence-electron chi connectivity index (χ4n) is 2.47.